The summed E-state index contributed by atoms with van der Waals surface area (Å²) in [4.78, 5) is 10.8. The van der Waals surface area contributed by atoms with Crippen LogP contribution < -0.4 is 5.32 Å². The first kappa shape index (κ1) is 14.0. The summed E-state index contributed by atoms with van der Waals surface area (Å²) < 4.78 is 1.04. The van der Waals surface area contributed by atoms with Crippen molar-refractivity contribution in [1.82, 2.24) is 9.97 Å². The van der Waals surface area contributed by atoms with E-state index in [-0.39, 0.29) is 0 Å². The van der Waals surface area contributed by atoms with E-state index < -0.39 is 0 Å². The van der Waals surface area contributed by atoms with Gasteiger partial charge in [-0.05, 0) is 40.2 Å². The average molecular weight is 352 g/mol. The van der Waals surface area contributed by atoms with Gasteiger partial charge in [0.2, 0.25) is 0 Å². The molecule has 3 nitrogen and oxygen atoms in total. The quantitative estimate of drug-likeness (QED) is 0.875. The molecule has 20 heavy (non-hydrogen) atoms. The maximum absolute atomic E-state index is 4.85. The van der Waals surface area contributed by atoms with Gasteiger partial charge in [0.1, 0.15) is 11.6 Å². The molecule has 1 aliphatic rings. The van der Waals surface area contributed by atoms with Gasteiger partial charge < -0.3 is 5.32 Å². The van der Waals surface area contributed by atoms with Crippen molar-refractivity contribution < 1.29 is 0 Å². The van der Waals surface area contributed by atoms with E-state index >= 15 is 0 Å². The third kappa shape index (κ3) is 2.88. The van der Waals surface area contributed by atoms with Crippen LogP contribution in [0, 0.1) is 0 Å². The number of aromatic nitrogens is 2. The molecular weight excluding hydrogens is 334 g/mol. The Labute approximate surface area is 132 Å². The molecule has 2 aromatic rings. The number of nitrogens with zero attached hydrogens (tertiary/aromatic N) is 2. The molecule has 2 aromatic heterocycles. The number of hydrogen-bond acceptors (Lipinski definition) is 4. The van der Waals surface area contributed by atoms with Gasteiger partial charge in [-0.2, -0.15) is 0 Å². The van der Waals surface area contributed by atoms with Crippen LogP contribution in [-0.4, -0.2) is 17.0 Å². The lowest BCUT2D eigenvalue weighted by molar-refractivity contribution is 0.682. The van der Waals surface area contributed by atoms with Gasteiger partial charge >= 0.3 is 0 Å². The van der Waals surface area contributed by atoms with Gasteiger partial charge in [0, 0.05) is 24.3 Å². The molecule has 106 valence electrons. The fourth-order valence-electron chi connectivity index (χ4n) is 2.80. The Kier molecular flexibility index (Phi) is 4.36. The van der Waals surface area contributed by atoms with Gasteiger partial charge in [-0.3, -0.25) is 0 Å². The van der Waals surface area contributed by atoms with Gasteiger partial charge in [0.15, 0.2) is 0 Å². The summed E-state index contributed by atoms with van der Waals surface area (Å²) in [6, 6.07) is 4.22. The minimum Gasteiger partial charge on any atom is -0.372 e. The molecular formula is C15H18BrN3S. The molecule has 5 heteroatoms. The molecule has 0 bridgehead atoms. The first-order valence-electron chi connectivity index (χ1n) is 7.04. The first-order chi connectivity index (χ1) is 9.78. The highest BCUT2D eigenvalue weighted by molar-refractivity contribution is 9.10. The minimum absolute atomic E-state index is 0.585. The Bertz CT molecular complexity index is 577. The van der Waals surface area contributed by atoms with E-state index in [0.717, 1.165) is 22.5 Å². The molecule has 0 unspecified atom stereocenters. The maximum Gasteiger partial charge on any atom is 0.144 e. The van der Waals surface area contributed by atoms with Crippen LogP contribution in [0.2, 0.25) is 0 Å². The van der Waals surface area contributed by atoms with E-state index in [9.17, 15) is 0 Å². The average Bonchev–Trinajstić information content (AvgIpc) is 3.13. The second-order valence-electron chi connectivity index (χ2n) is 5.18. The van der Waals surface area contributed by atoms with Gasteiger partial charge in [-0.25, -0.2) is 9.97 Å². The summed E-state index contributed by atoms with van der Waals surface area (Å²) >= 11 is 5.44. The standard InChI is InChI=1S/C15H18BrN3S/c1-17-15-13(16)14(10-5-2-3-6-10)18-12(19-15)9-11-7-4-8-20-11/h4,7-8,10H,2-3,5-6,9H2,1H3,(H,17,18,19). The molecule has 1 fully saturated rings. The summed E-state index contributed by atoms with van der Waals surface area (Å²) in [7, 11) is 1.92. The number of thiophene rings is 1. The predicted octanol–water partition coefficient (Wildman–Crippen LogP) is 4.59. The molecule has 1 aliphatic carbocycles. The van der Waals surface area contributed by atoms with Gasteiger partial charge in [-0.1, -0.05) is 18.9 Å². The molecule has 2 heterocycles. The SMILES string of the molecule is CNc1nc(Cc2cccs2)nc(C2CCCC2)c1Br. The van der Waals surface area contributed by atoms with Crippen molar-refractivity contribution in [3.8, 4) is 0 Å². The van der Waals surface area contributed by atoms with Crippen LogP contribution in [-0.2, 0) is 6.42 Å². The number of rotatable bonds is 4. The van der Waals surface area contributed by atoms with Crippen LogP contribution in [0.3, 0.4) is 0 Å². The molecule has 1 saturated carbocycles. The fourth-order valence-corrected chi connectivity index (χ4v) is 4.20. The molecule has 0 atom stereocenters. The zero-order valence-electron chi connectivity index (χ0n) is 11.5. The van der Waals surface area contributed by atoms with Crippen molar-refractivity contribution >= 4 is 33.1 Å². The monoisotopic (exact) mass is 351 g/mol. The predicted molar refractivity (Wildman–Crippen MR) is 87.6 cm³/mol. The van der Waals surface area contributed by atoms with Crippen molar-refractivity contribution in [2.75, 3.05) is 12.4 Å². The van der Waals surface area contributed by atoms with E-state index in [1.807, 2.05) is 7.05 Å². The smallest absolute Gasteiger partial charge is 0.144 e. The second-order valence-corrected chi connectivity index (χ2v) is 7.00. The summed E-state index contributed by atoms with van der Waals surface area (Å²) in [5.74, 6) is 2.41. The van der Waals surface area contributed by atoms with E-state index in [1.165, 1.54) is 36.3 Å². The summed E-state index contributed by atoms with van der Waals surface area (Å²) in [6.45, 7) is 0. The fraction of sp³-hybridized carbons (Fsp3) is 0.467. The maximum atomic E-state index is 4.85. The van der Waals surface area contributed by atoms with Gasteiger partial charge in [0.05, 0.1) is 10.2 Å². The highest BCUT2D eigenvalue weighted by atomic mass is 79.9. The van der Waals surface area contributed by atoms with Crippen LogP contribution in [0.15, 0.2) is 22.0 Å². The number of anilines is 1. The van der Waals surface area contributed by atoms with E-state index in [2.05, 4.69) is 43.7 Å². The lowest BCUT2D eigenvalue weighted by Gasteiger charge is -2.15. The lowest BCUT2D eigenvalue weighted by Crippen LogP contribution is -2.08. The van der Waals surface area contributed by atoms with Crippen molar-refractivity contribution in [3.05, 3.63) is 38.4 Å². The summed E-state index contributed by atoms with van der Waals surface area (Å²) in [5.41, 5.74) is 1.19. The molecule has 0 saturated heterocycles. The Balaban J connectivity index is 1.95. The van der Waals surface area contributed by atoms with Crippen molar-refractivity contribution in [3.63, 3.8) is 0 Å². The molecule has 0 aliphatic heterocycles. The third-order valence-corrected chi connectivity index (χ3v) is 5.47. The summed E-state index contributed by atoms with van der Waals surface area (Å²) in [5, 5.41) is 5.29. The second kappa shape index (κ2) is 6.22. The topological polar surface area (TPSA) is 37.8 Å². The highest BCUT2D eigenvalue weighted by Gasteiger charge is 2.23. The molecule has 0 aromatic carbocycles. The van der Waals surface area contributed by atoms with Crippen LogP contribution in [0.4, 0.5) is 5.82 Å². The van der Waals surface area contributed by atoms with E-state index in [0.29, 0.717) is 5.92 Å². The molecule has 0 amide bonds. The van der Waals surface area contributed by atoms with Crippen LogP contribution in [0.25, 0.3) is 0 Å². The molecule has 0 radical (unpaired) electrons. The Morgan fingerprint density at radius 3 is 2.80 bits per heavy atom. The number of halogens is 1. The zero-order chi connectivity index (χ0) is 13.9. The van der Waals surface area contributed by atoms with Crippen LogP contribution in [0.5, 0.6) is 0 Å². The normalized spacial score (nSPS) is 15.7. The zero-order valence-corrected chi connectivity index (χ0v) is 13.9. The Morgan fingerprint density at radius 1 is 1.35 bits per heavy atom. The number of nitrogens with one attached hydrogen (secondary N) is 1. The third-order valence-electron chi connectivity index (χ3n) is 3.81. The van der Waals surface area contributed by atoms with Gasteiger partial charge in [-0.15, -0.1) is 11.3 Å². The lowest BCUT2D eigenvalue weighted by atomic mass is 10.0. The Hall–Kier alpha value is -0.940. The van der Waals surface area contributed by atoms with E-state index in [1.54, 1.807) is 11.3 Å². The van der Waals surface area contributed by atoms with E-state index in [4.69, 9.17) is 4.98 Å². The molecule has 1 N–H and O–H groups in total. The molecule has 3 rings (SSSR count). The Morgan fingerprint density at radius 2 is 2.15 bits per heavy atom. The molecule has 0 spiro atoms. The van der Waals surface area contributed by atoms with Crippen molar-refractivity contribution in [1.29, 1.82) is 0 Å². The van der Waals surface area contributed by atoms with Crippen molar-refractivity contribution in [2.45, 2.75) is 38.0 Å². The number of hydrogen-bond donors (Lipinski definition) is 1. The van der Waals surface area contributed by atoms with Gasteiger partial charge in [0.25, 0.3) is 0 Å². The van der Waals surface area contributed by atoms with Crippen LogP contribution in [0.1, 0.15) is 48.0 Å². The first-order valence-corrected chi connectivity index (χ1v) is 8.71. The highest BCUT2D eigenvalue weighted by Crippen LogP contribution is 2.38. The summed E-state index contributed by atoms with van der Waals surface area (Å²) in [6.07, 6.45) is 5.94. The van der Waals surface area contributed by atoms with Crippen LogP contribution >= 0.6 is 27.3 Å². The largest absolute Gasteiger partial charge is 0.372 e. The van der Waals surface area contributed by atoms with Crippen molar-refractivity contribution in [2.24, 2.45) is 0 Å². The minimum atomic E-state index is 0.585.